The van der Waals surface area contributed by atoms with Gasteiger partial charge in [-0.05, 0) is 49.1 Å². The average molecular weight is 539 g/mol. The molecular formula is C30H29F3N2O4. The van der Waals surface area contributed by atoms with Crippen molar-refractivity contribution in [2.24, 2.45) is 0 Å². The fourth-order valence-corrected chi connectivity index (χ4v) is 5.82. The maximum Gasteiger partial charge on any atom is 0.257 e. The summed E-state index contributed by atoms with van der Waals surface area (Å²) in [7, 11) is 2.76. The summed E-state index contributed by atoms with van der Waals surface area (Å²) in [4.78, 5) is 30.2. The van der Waals surface area contributed by atoms with Gasteiger partial charge in [0, 0.05) is 48.8 Å². The minimum atomic E-state index is -1.02. The van der Waals surface area contributed by atoms with E-state index in [0.717, 1.165) is 17.2 Å². The van der Waals surface area contributed by atoms with E-state index in [4.69, 9.17) is 9.47 Å². The number of ether oxygens (including phenoxy) is 2. The van der Waals surface area contributed by atoms with Crippen LogP contribution in [0.2, 0.25) is 0 Å². The summed E-state index contributed by atoms with van der Waals surface area (Å²) >= 11 is 0. The molecule has 5 rings (SSSR count). The number of hydrogen-bond donors (Lipinski definition) is 0. The van der Waals surface area contributed by atoms with E-state index in [1.807, 2.05) is 24.3 Å². The van der Waals surface area contributed by atoms with Gasteiger partial charge < -0.3 is 19.3 Å². The molecule has 0 atom stereocenters. The molecule has 39 heavy (non-hydrogen) atoms. The quantitative estimate of drug-likeness (QED) is 0.455. The van der Waals surface area contributed by atoms with Gasteiger partial charge >= 0.3 is 0 Å². The molecule has 3 aromatic rings. The zero-order valence-electron chi connectivity index (χ0n) is 22.0. The van der Waals surface area contributed by atoms with Crippen molar-refractivity contribution in [1.82, 2.24) is 9.80 Å². The van der Waals surface area contributed by atoms with Crippen molar-refractivity contribution in [2.75, 3.05) is 33.9 Å². The lowest BCUT2D eigenvalue weighted by Gasteiger charge is -2.48. The highest BCUT2D eigenvalue weighted by molar-refractivity contribution is 5.96. The Balaban J connectivity index is 1.43. The Morgan fingerprint density at radius 2 is 1.54 bits per heavy atom. The number of rotatable bonds is 4. The van der Waals surface area contributed by atoms with E-state index < -0.39 is 28.8 Å². The van der Waals surface area contributed by atoms with Crippen LogP contribution in [-0.2, 0) is 12.0 Å². The van der Waals surface area contributed by atoms with Gasteiger partial charge in [0.05, 0.1) is 19.8 Å². The Hall–Kier alpha value is -4.01. The molecule has 9 heteroatoms. The molecule has 0 radical (unpaired) electrons. The molecule has 2 heterocycles. The molecule has 0 aromatic heterocycles. The Morgan fingerprint density at radius 3 is 2.23 bits per heavy atom. The van der Waals surface area contributed by atoms with E-state index in [2.05, 4.69) is 0 Å². The molecule has 3 aromatic carbocycles. The number of likely N-dealkylation sites (tertiary alicyclic amines) is 1. The van der Waals surface area contributed by atoms with Gasteiger partial charge in [0.15, 0.2) is 23.2 Å². The van der Waals surface area contributed by atoms with Gasteiger partial charge in [-0.15, -0.1) is 0 Å². The standard InChI is InChI=1S/C30H29F3N2O4/c1-18-21(8-9-24(31)26(18)32)28(36)34-12-10-30(11-13-34)17-35(16-19-6-4-5-7-23(19)30)29(37)22-14-20(38-2)15-25(39-3)27(22)33/h4-9,14-15H,10-13,16-17H2,1-3H3. The number of hydrogen-bond acceptors (Lipinski definition) is 4. The van der Waals surface area contributed by atoms with Crippen molar-refractivity contribution in [2.45, 2.75) is 31.7 Å². The second-order valence-electron chi connectivity index (χ2n) is 10.1. The number of methoxy groups -OCH3 is 2. The van der Waals surface area contributed by atoms with Crippen LogP contribution in [-0.4, -0.2) is 55.5 Å². The first-order valence-corrected chi connectivity index (χ1v) is 12.7. The highest BCUT2D eigenvalue weighted by atomic mass is 19.2. The van der Waals surface area contributed by atoms with Gasteiger partial charge in [-0.2, -0.15) is 0 Å². The summed E-state index contributed by atoms with van der Waals surface area (Å²) in [5.74, 6) is -3.37. The zero-order valence-corrected chi connectivity index (χ0v) is 22.0. The van der Waals surface area contributed by atoms with Crippen molar-refractivity contribution in [3.63, 3.8) is 0 Å². The monoisotopic (exact) mass is 538 g/mol. The fourth-order valence-electron chi connectivity index (χ4n) is 5.82. The number of benzene rings is 3. The number of amides is 2. The lowest BCUT2D eigenvalue weighted by molar-refractivity contribution is 0.0506. The number of fused-ring (bicyclic) bond motifs is 2. The SMILES string of the molecule is COc1cc(OC)c(F)c(C(=O)N2Cc3ccccc3C3(CCN(C(=O)c4ccc(F)c(F)c4C)CC3)C2)c1. The molecule has 0 aliphatic carbocycles. The van der Waals surface area contributed by atoms with Crippen molar-refractivity contribution >= 4 is 11.8 Å². The number of carbonyl (C=O) groups is 2. The van der Waals surface area contributed by atoms with Crippen LogP contribution < -0.4 is 9.47 Å². The lowest BCUT2D eigenvalue weighted by atomic mass is 9.68. The summed E-state index contributed by atoms with van der Waals surface area (Å²) in [5.41, 5.74) is 1.59. The van der Waals surface area contributed by atoms with E-state index in [-0.39, 0.29) is 28.3 Å². The van der Waals surface area contributed by atoms with Crippen LogP contribution >= 0.6 is 0 Å². The third-order valence-corrected chi connectivity index (χ3v) is 8.01. The molecule has 0 saturated carbocycles. The molecule has 1 fully saturated rings. The molecule has 1 saturated heterocycles. The minimum absolute atomic E-state index is 0.0178. The summed E-state index contributed by atoms with van der Waals surface area (Å²) in [5, 5.41) is 0. The van der Waals surface area contributed by atoms with Crippen LogP contribution in [0.1, 0.15) is 50.2 Å². The zero-order chi connectivity index (χ0) is 27.9. The average Bonchev–Trinajstić information content (AvgIpc) is 2.96. The highest BCUT2D eigenvalue weighted by Crippen LogP contribution is 2.43. The maximum absolute atomic E-state index is 15.2. The largest absolute Gasteiger partial charge is 0.497 e. The normalized spacial score (nSPS) is 16.2. The molecule has 0 unspecified atom stereocenters. The highest BCUT2D eigenvalue weighted by Gasteiger charge is 2.44. The summed E-state index contributed by atoms with van der Waals surface area (Å²) < 4.78 is 53.3. The van der Waals surface area contributed by atoms with Gasteiger partial charge in [0.1, 0.15) is 5.75 Å². The molecule has 6 nitrogen and oxygen atoms in total. The Labute approximate surface area is 224 Å². The third-order valence-electron chi connectivity index (χ3n) is 8.01. The van der Waals surface area contributed by atoms with E-state index in [9.17, 15) is 18.4 Å². The third kappa shape index (κ3) is 4.60. The van der Waals surface area contributed by atoms with Gasteiger partial charge in [0.25, 0.3) is 11.8 Å². The predicted octanol–water partition coefficient (Wildman–Crippen LogP) is 5.26. The van der Waals surface area contributed by atoms with Crippen LogP contribution in [0.5, 0.6) is 11.5 Å². The predicted molar refractivity (Wildman–Crippen MR) is 139 cm³/mol. The maximum atomic E-state index is 15.2. The minimum Gasteiger partial charge on any atom is -0.497 e. The topological polar surface area (TPSA) is 59.1 Å². The molecule has 2 aliphatic rings. The molecule has 2 aliphatic heterocycles. The fraction of sp³-hybridized carbons (Fsp3) is 0.333. The van der Waals surface area contributed by atoms with Crippen molar-refractivity contribution in [3.05, 3.63) is 93.8 Å². The van der Waals surface area contributed by atoms with Crippen LogP contribution in [0.4, 0.5) is 13.2 Å². The van der Waals surface area contributed by atoms with Gasteiger partial charge in [-0.3, -0.25) is 9.59 Å². The van der Waals surface area contributed by atoms with E-state index in [0.29, 0.717) is 44.8 Å². The Morgan fingerprint density at radius 1 is 0.846 bits per heavy atom. The second kappa shape index (κ2) is 10.3. The van der Waals surface area contributed by atoms with Gasteiger partial charge in [-0.1, -0.05) is 24.3 Å². The number of halogens is 3. The number of piperidine rings is 1. The van der Waals surface area contributed by atoms with Crippen molar-refractivity contribution < 1.29 is 32.2 Å². The number of carbonyl (C=O) groups excluding carboxylic acids is 2. The van der Waals surface area contributed by atoms with Crippen LogP contribution in [0.15, 0.2) is 48.5 Å². The number of nitrogens with zero attached hydrogens (tertiary/aromatic N) is 2. The Kier molecular flexibility index (Phi) is 7.01. The summed E-state index contributed by atoms with van der Waals surface area (Å²) in [6, 6.07) is 12.9. The van der Waals surface area contributed by atoms with E-state index >= 15 is 4.39 Å². The first-order valence-electron chi connectivity index (χ1n) is 12.7. The van der Waals surface area contributed by atoms with Gasteiger partial charge in [0.2, 0.25) is 0 Å². The summed E-state index contributed by atoms with van der Waals surface area (Å²) in [6.07, 6.45) is 1.10. The van der Waals surface area contributed by atoms with Crippen molar-refractivity contribution in [1.29, 1.82) is 0 Å². The van der Waals surface area contributed by atoms with Crippen molar-refractivity contribution in [3.8, 4) is 11.5 Å². The lowest BCUT2D eigenvalue weighted by Crippen LogP contribution is -2.54. The molecule has 0 N–H and O–H groups in total. The Bertz CT molecular complexity index is 1450. The molecule has 2 amide bonds. The summed E-state index contributed by atoms with van der Waals surface area (Å²) in [6.45, 7) is 2.79. The van der Waals surface area contributed by atoms with Crippen LogP contribution in [0.25, 0.3) is 0 Å². The second-order valence-corrected chi connectivity index (χ2v) is 10.1. The van der Waals surface area contributed by atoms with Crippen LogP contribution in [0, 0.1) is 24.4 Å². The van der Waals surface area contributed by atoms with Crippen LogP contribution in [0.3, 0.4) is 0 Å². The van der Waals surface area contributed by atoms with Gasteiger partial charge in [-0.25, -0.2) is 13.2 Å². The molecule has 0 bridgehead atoms. The van der Waals surface area contributed by atoms with E-state index in [1.165, 1.54) is 39.3 Å². The molecular weight excluding hydrogens is 509 g/mol. The smallest absolute Gasteiger partial charge is 0.257 e. The van der Waals surface area contributed by atoms with E-state index in [1.54, 1.807) is 9.80 Å². The molecule has 204 valence electrons. The first kappa shape index (κ1) is 26.6. The first-order chi connectivity index (χ1) is 18.7. The molecule has 1 spiro atoms.